The van der Waals surface area contributed by atoms with E-state index in [4.69, 9.17) is 18.8 Å². The minimum Gasteiger partial charge on any atom is -0.449 e. The highest BCUT2D eigenvalue weighted by Crippen LogP contribution is 2.38. The summed E-state index contributed by atoms with van der Waals surface area (Å²) < 4.78 is 11.7. The minimum atomic E-state index is -0.0347. The van der Waals surface area contributed by atoms with E-state index in [2.05, 4.69) is 72.9 Å². The van der Waals surface area contributed by atoms with E-state index < -0.39 is 0 Å². The summed E-state index contributed by atoms with van der Waals surface area (Å²) in [5.74, 6) is 2.54. The third kappa shape index (κ3) is 6.32. The number of anilines is 4. The lowest BCUT2D eigenvalue weighted by Gasteiger charge is -2.36. The smallest absolute Gasteiger partial charge is 0.239 e. The van der Waals surface area contributed by atoms with Crippen LogP contribution in [0.15, 0.2) is 113 Å². The molecule has 0 radical (unpaired) electrons. The third-order valence-corrected chi connectivity index (χ3v) is 10.4. The van der Waals surface area contributed by atoms with Gasteiger partial charge in [-0.25, -0.2) is 24.9 Å². The highest BCUT2D eigenvalue weighted by atomic mass is 16.3. The monoisotopic (exact) mass is 681 g/mol. The van der Waals surface area contributed by atoms with Gasteiger partial charge in [0.1, 0.15) is 6.34 Å². The summed E-state index contributed by atoms with van der Waals surface area (Å²) in [6, 6.07) is 10.6. The molecule has 51 heavy (non-hydrogen) atoms. The molecule has 1 unspecified atom stereocenters. The Labute approximate surface area is 298 Å². The van der Waals surface area contributed by atoms with Crippen LogP contribution in [-0.2, 0) is 0 Å². The fraction of sp³-hybridized carbons (Fsp3) is 0.350. The zero-order valence-corrected chi connectivity index (χ0v) is 29.2. The van der Waals surface area contributed by atoms with E-state index >= 15 is 0 Å². The van der Waals surface area contributed by atoms with Crippen molar-refractivity contribution < 1.29 is 8.83 Å². The zero-order valence-electron chi connectivity index (χ0n) is 29.2. The SMILES string of the molecule is Cc1coc(Nc2cc(N3CCCCC3)ccc2C2=CC3=CC(C4=CC=C(N5CCCCC5)CC4Nc4cc(C)co4)=NC4=NC=NC(=N2)N34)c1. The van der Waals surface area contributed by atoms with Crippen LogP contribution in [0.1, 0.15) is 61.6 Å². The maximum Gasteiger partial charge on any atom is 0.239 e. The Balaban J connectivity index is 1.10. The van der Waals surface area contributed by atoms with E-state index in [9.17, 15) is 0 Å². The largest absolute Gasteiger partial charge is 0.449 e. The van der Waals surface area contributed by atoms with Gasteiger partial charge < -0.3 is 29.3 Å². The van der Waals surface area contributed by atoms with E-state index in [1.54, 1.807) is 18.9 Å². The maximum atomic E-state index is 5.88. The van der Waals surface area contributed by atoms with Gasteiger partial charge >= 0.3 is 0 Å². The summed E-state index contributed by atoms with van der Waals surface area (Å²) in [5, 5.41) is 7.25. The highest BCUT2D eigenvalue weighted by Gasteiger charge is 2.34. The van der Waals surface area contributed by atoms with Crippen molar-refractivity contribution in [2.45, 2.75) is 64.8 Å². The number of benzene rings is 1. The Morgan fingerprint density at radius 1 is 0.765 bits per heavy atom. The molecule has 0 spiro atoms. The molecule has 2 saturated heterocycles. The van der Waals surface area contributed by atoms with Gasteiger partial charge in [0.15, 0.2) is 11.8 Å². The topological polar surface area (TPSA) is 110 Å². The summed E-state index contributed by atoms with van der Waals surface area (Å²) in [7, 11) is 0. The molecule has 5 aliphatic heterocycles. The fourth-order valence-electron chi connectivity index (χ4n) is 7.76. The Kier molecular flexibility index (Phi) is 8.18. The molecule has 3 aromatic rings. The lowest BCUT2D eigenvalue weighted by molar-refractivity contribution is 0.274. The average Bonchev–Trinajstić information content (AvgIpc) is 3.78. The molecule has 0 saturated carbocycles. The van der Waals surface area contributed by atoms with Crippen LogP contribution in [0.5, 0.6) is 0 Å². The van der Waals surface area contributed by atoms with Gasteiger partial charge in [-0.1, -0.05) is 6.08 Å². The quantitative estimate of drug-likeness (QED) is 0.247. The molecule has 11 nitrogen and oxygen atoms in total. The van der Waals surface area contributed by atoms with Crippen LogP contribution in [0.4, 0.5) is 23.1 Å². The summed E-state index contributed by atoms with van der Waals surface area (Å²) in [6.45, 7) is 8.39. The molecule has 9 rings (SSSR count). The minimum absolute atomic E-state index is 0.0347. The molecule has 2 aromatic heterocycles. The van der Waals surface area contributed by atoms with Crippen molar-refractivity contribution in [2.75, 3.05) is 41.7 Å². The van der Waals surface area contributed by atoms with Gasteiger partial charge in [0, 0.05) is 67.3 Å². The van der Waals surface area contributed by atoms with E-state index in [0.717, 1.165) is 83.5 Å². The predicted octanol–water partition coefficient (Wildman–Crippen LogP) is 8.15. The van der Waals surface area contributed by atoms with Crippen molar-refractivity contribution in [1.82, 2.24) is 9.80 Å². The Bertz CT molecular complexity index is 2090. The lowest BCUT2D eigenvalue weighted by atomic mass is 9.90. The van der Waals surface area contributed by atoms with Crippen molar-refractivity contribution in [3.8, 4) is 0 Å². The first kappa shape index (κ1) is 31.4. The number of likely N-dealkylation sites (tertiary alicyclic amines) is 1. The second-order valence-corrected chi connectivity index (χ2v) is 14.1. The van der Waals surface area contributed by atoms with Gasteiger partial charge in [0.25, 0.3) is 0 Å². The van der Waals surface area contributed by atoms with Crippen LogP contribution < -0.4 is 15.5 Å². The molecule has 260 valence electrons. The van der Waals surface area contributed by atoms with Crippen LogP contribution >= 0.6 is 0 Å². The first-order valence-corrected chi connectivity index (χ1v) is 18.2. The molecule has 6 aliphatic rings. The number of aryl methyl sites for hydroxylation is 2. The second-order valence-electron chi connectivity index (χ2n) is 14.1. The molecule has 0 bridgehead atoms. The first-order chi connectivity index (χ1) is 25.0. The van der Waals surface area contributed by atoms with Crippen LogP contribution in [0.25, 0.3) is 5.70 Å². The molecule has 11 heteroatoms. The number of allylic oxidation sites excluding steroid dienone is 4. The van der Waals surface area contributed by atoms with E-state index in [1.807, 2.05) is 30.9 Å². The molecule has 1 aliphatic carbocycles. The molecule has 2 N–H and O–H groups in total. The van der Waals surface area contributed by atoms with Gasteiger partial charge in [-0.15, -0.1) is 0 Å². The number of nitrogens with one attached hydrogen (secondary N) is 2. The first-order valence-electron chi connectivity index (χ1n) is 18.2. The predicted molar refractivity (Wildman–Crippen MR) is 205 cm³/mol. The fourth-order valence-corrected chi connectivity index (χ4v) is 7.76. The van der Waals surface area contributed by atoms with Gasteiger partial charge in [0.05, 0.1) is 41.4 Å². The molecule has 2 fully saturated rings. The Hall–Kier alpha value is -5.58. The van der Waals surface area contributed by atoms with Gasteiger partial charge in [-0.3, -0.25) is 0 Å². The average molecular weight is 682 g/mol. The van der Waals surface area contributed by atoms with Crippen LogP contribution in [0.2, 0.25) is 0 Å². The highest BCUT2D eigenvalue weighted by molar-refractivity contribution is 6.23. The Morgan fingerprint density at radius 3 is 2.25 bits per heavy atom. The standard InChI is InChI=1S/C40H43N9O2/c1-26-17-37(50-23-26)43-33-19-28(47-13-5-3-6-14-47)9-11-31(33)35-21-30-22-36(46-40-42-25-41-39(45-35)49(30)40)32-12-10-29(48-15-7-4-8-16-48)20-34(32)44-38-18-27(2)24-51-38/h9-12,17-19,21-25,34,43-44H,3-8,13-16,20H2,1-2H3. The van der Waals surface area contributed by atoms with Crippen LogP contribution in [0, 0.1) is 13.8 Å². The number of piperidine rings is 2. The lowest BCUT2D eigenvalue weighted by Crippen LogP contribution is -2.42. The number of aliphatic imine (C=N–C) groups is 4. The maximum absolute atomic E-state index is 5.88. The third-order valence-electron chi connectivity index (χ3n) is 10.4. The summed E-state index contributed by atoms with van der Waals surface area (Å²) in [4.78, 5) is 26.3. The van der Waals surface area contributed by atoms with Crippen LogP contribution in [0.3, 0.4) is 0 Å². The number of furan rings is 2. The summed E-state index contributed by atoms with van der Waals surface area (Å²) in [5.41, 5.74) is 10.2. The number of guanidine groups is 2. The van der Waals surface area contributed by atoms with Crippen molar-refractivity contribution in [3.05, 3.63) is 101 Å². The molecule has 0 amide bonds. The van der Waals surface area contributed by atoms with Crippen molar-refractivity contribution in [2.24, 2.45) is 20.0 Å². The van der Waals surface area contributed by atoms with E-state index in [1.165, 1.54) is 49.9 Å². The molecule has 1 aromatic carbocycles. The summed E-state index contributed by atoms with van der Waals surface area (Å²) >= 11 is 0. The molecular formula is C40H43N9O2. The zero-order chi connectivity index (χ0) is 34.3. The normalized spacial score (nSPS) is 21.5. The van der Waals surface area contributed by atoms with Gasteiger partial charge in [-0.2, -0.15) is 0 Å². The van der Waals surface area contributed by atoms with Gasteiger partial charge in [0.2, 0.25) is 11.9 Å². The van der Waals surface area contributed by atoms with Crippen LogP contribution in [-0.4, -0.2) is 66.0 Å². The van der Waals surface area contributed by atoms with Crippen molar-refractivity contribution in [3.63, 3.8) is 0 Å². The molecule has 1 atom stereocenters. The number of nitrogens with zero attached hydrogens (tertiary/aromatic N) is 7. The number of rotatable bonds is 8. The van der Waals surface area contributed by atoms with E-state index in [0.29, 0.717) is 17.8 Å². The van der Waals surface area contributed by atoms with E-state index in [-0.39, 0.29) is 6.04 Å². The molecule has 7 heterocycles. The summed E-state index contributed by atoms with van der Waals surface area (Å²) in [6.07, 6.45) is 22.1. The number of hydrogen-bond donors (Lipinski definition) is 2. The Morgan fingerprint density at radius 2 is 1.51 bits per heavy atom. The number of hydrogen-bond acceptors (Lipinski definition) is 11. The van der Waals surface area contributed by atoms with Crippen molar-refractivity contribution >= 4 is 52.8 Å². The molecular weight excluding hydrogens is 639 g/mol. The van der Waals surface area contributed by atoms with Gasteiger partial charge in [-0.05, 0) is 99.9 Å². The van der Waals surface area contributed by atoms with Crippen molar-refractivity contribution in [1.29, 1.82) is 0 Å². The second kappa shape index (κ2) is 13.3.